The third kappa shape index (κ3) is 8.16. The van der Waals surface area contributed by atoms with Crippen LogP contribution < -0.4 is 0 Å². The molecule has 138 valence electrons. The van der Waals surface area contributed by atoms with E-state index in [0.717, 1.165) is 36.6 Å². The Morgan fingerprint density at radius 1 is 0.833 bits per heavy atom. The maximum atomic E-state index is 10.6. The molecule has 0 aliphatic heterocycles. The fraction of sp³-hybridized carbons (Fsp3) is 0.714. The maximum Gasteiger partial charge on any atom is 0.124 e. The standard InChI is InChI=1S/C21H38N2O/c1-17(2)11-9-7-8-10-12-18-13-19(15-22(3)4)21(24)20(14-18)16-23(5)6/h13-14,17,24H,7-12,15-16H2,1-6H3. The van der Waals surface area contributed by atoms with E-state index in [-0.39, 0.29) is 0 Å². The van der Waals surface area contributed by atoms with Crippen molar-refractivity contribution in [3.63, 3.8) is 0 Å². The van der Waals surface area contributed by atoms with Crippen LogP contribution in [0.2, 0.25) is 0 Å². The van der Waals surface area contributed by atoms with Crippen molar-refractivity contribution in [2.45, 2.75) is 65.5 Å². The lowest BCUT2D eigenvalue weighted by molar-refractivity contribution is 0.368. The van der Waals surface area contributed by atoms with Crippen molar-refractivity contribution in [2.24, 2.45) is 5.92 Å². The summed E-state index contributed by atoms with van der Waals surface area (Å²) >= 11 is 0. The van der Waals surface area contributed by atoms with Crippen LogP contribution in [0.3, 0.4) is 0 Å². The number of hydrogen-bond donors (Lipinski definition) is 1. The number of aromatic hydroxyl groups is 1. The molecule has 0 aliphatic carbocycles. The number of hydrogen-bond acceptors (Lipinski definition) is 3. The number of rotatable bonds is 11. The average Bonchev–Trinajstić information content (AvgIpc) is 2.46. The number of phenolic OH excluding ortho intramolecular Hbond substituents is 1. The third-order valence-corrected chi connectivity index (χ3v) is 4.30. The molecule has 0 saturated carbocycles. The Hall–Kier alpha value is -1.06. The second-order valence-electron chi connectivity index (χ2n) is 8.08. The highest BCUT2D eigenvalue weighted by molar-refractivity contribution is 5.44. The van der Waals surface area contributed by atoms with E-state index in [0.29, 0.717) is 5.75 Å². The van der Waals surface area contributed by atoms with Gasteiger partial charge in [-0.3, -0.25) is 0 Å². The number of aryl methyl sites for hydroxylation is 1. The Bertz CT molecular complexity index is 450. The monoisotopic (exact) mass is 334 g/mol. The average molecular weight is 335 g/mol. The molecule has 0 atom stereocenters. The smallest absolute Gasteiger partial charge is 0.124 e. The van der Waals surface area contributed by atoms with Crippen LogP contribution >= 0.6 is 0 Å². The van der Waals surface area contributed by atoms with Crippen LogP contribution in [0.5, 0.6) is 5.75 Å². The van der Waals surface area contributed by atoms with Gasteiger partial charge in [0.05, 0.1) is 0 Å². The van der Waals surface area contributed by atoms with Crippen molar-refractivity contribution >= 4 is 0 Å². The molecule has 3 nitrogen and oxygen atoms in total. The van der Waals surface area contributed by atoms with Crippen LogP contribution in [-0.4, -0.2) is 43.1 Å². The van der Waals surface area contributed by atoms with Gasteiger partial charge in [0, 0.05) is 24.2 Å². The van der Waals surface area contributed by atoms with Gasteiger partial charge in [-0.1, -0.05) is 51.7 Å². The summed E-state index contributed by atoms with van der Waals surface area (Å²) in [6.07, 6.45) is 7.70. The van der Waals surface area contributed by atoms with Crippen LogP contribution in [0, 0.1) is 5.92 Å². The molecule has 1 N–H and O–H groups in total. The fourth-order valence-electron chi connectivity index (χ4n) is 3.13. The summed E-state index contributed by atoms with van der Waals surface area (Å²) in [5.74, 6) is 1.29. The molecule has 0 bridgehead atoms. The Kier molecular flexibility index (Phi) is 9.38. The summed E-state index contributed by atoms with van der Waals surface area (Å²) in [4.78, 5) is 4.23. The van der Waals surface area contributed by atoms with Gasteiger partial charge in [-0.05, 0) is 52.5 Å². The minimum absolute atomic E-state index is 0.470. The van der Waals surface area contributed by atoms with Crippen LogP contribution in [0.4, 0.5) is 0 Å². The zero-order valence-corrected chi connectivity index (χ0v) is 16.7. The van der Waals surface area contributed by atoms with Crippen molar-refractivity contribution in [3.8, 4) is 5.75 Å². The number of nitrogens with zero attached hydrogens (tertiary/aromatic N) is 2. The Morgan fingerprint density at radius 3 is 1.79 bits per heavy atom. The Balaban J connectivity index is 2.67. The van der Waals surface area contributed by atoms with E-state index in [1.165, 1.54) is 37.7 Å². The highest BCUT2D eigenvalue weighted by atomic mass is 16.3. The quantitative estimate of drug-likeness (QED) is 0.596. The van der Waals surface area contributed by atoms with Crippen molar-refractivity contribution < 1.29 is 5.11 Å². The topological polar surface area (TPSA) is 26.7 Å². The van der Waals surface area contributed by atoms with Gasteiger partial charge in [-0.2, -0.15) is 0 Å². The largest absolute Gasteiger partial charge is 0.507 e. The zero-order valence-electron chi connectivity index (χ0n) is 16.7. The molecule has 1 aromatic carbocycles. The van der Waals surface area contributed by atoms with Crippen molar-refractivity contribution in [1.29, 1.82) is 0 Å². The summed E-state index contributed by atoms with van der Waals surface area (Å²) in [5, 5.41) is 10.6. The van der Waals surface area contributed by atoms with Crippen molar-refractivity contribution in [1.82, 2.24) is 9.80 Å². The lowest BCUT2D eigenvalue weighted by Crippen LogP contribution is -2.14. The lowest BCUT2D eigenvalue weighted by atomic mass is 9.98. The second-order valence-corrected chi connectivity index (χ2v) is 8.08. The van der Waals surface area contributed by atoms with E-state index in [1.54, 1.807) is 0 Å². The Labute approximate surface area is 149 Å². The van der Waals surface area contributed by atoms with Gasteiger partial charge in [0.1, 0.15) is 5.75 Å². The van der Waals surface area contributed by atoms with Crippen LogP contribution in [-0.2, 0) is 19.5 Å². The summed E-state index contributed by atoms with van der Waals surface area (Å²) in [6, 6.07) is 4.39. The van der Waals surface area contributed by atoms with Gasteiger partial charge in [0.25, 0.3) is 0 Å². The van der Waals surface area contributed by atoms with E-state index in [4.69, 9.17) is 0 Å². The van der Waals surface area contributed by atoms with Crippen molar-refractivity contribution in [2.75, 3.05) is 28.2 Å². The van der Waals surface area contributed by atoms with Crippen LogP contribution in [0.1, 0.15) is 62.6 Å². The molecule has 0 fully saturated rings. The van der Waals surface area contributed by atoms with E-state index in [2.05, 4.69) is 35.8 Å². The first-order valence-corrected chi connectivity index (χ1v) is 9.42. The van der Waals surface area contributed by atoms with E-state index >= 15 is 0 Å². The molecule has 0 aliphatic rings. The molecule has 24 heavy (non-hydrogen) atoms. The van der Waals surface area contributed by atoms with Gasteiger partial charge in [0.2, 0.25) is 0 Å². The summed E-state index contributed by atoms with van der Waals surface area (Å²) in [6.45, 7) is 6.17. The molecule has 3 heteroatoms. The van der Waals surface area contributed by atoms with Gasteiger partial charge in [0.15, 0.2) is 0 Å². The second kappa shape index (κ2) is 10.7. The maximum absolute atomic E-state index is 10.6. The normalized spacial score (nSPS) is 11.9. The minimum Gasteiger partial charge on any atom is -0.507 e. The van der Waals surface area contributed by atoms with Gasteiger partial charge < -0.3 is 14.9 Å². The summed E-state index contributed by atoms with van der Waals surface area (Å²) in [5.41, 5.74) is 3.47. The zero-order chi connectivity index (χ0) is 18.1. The molecular formula is C21H38N2O. The number of phenols is 1. The lowest BCUT2D eigenvalue weighted by Gasteiger charge is -2.18. The molecule has 0 unspecified atom stereocenters. The fourth-order valence-corrected chi connectivity index (χ4v) is 3.13. The van der Waals surface area contributed by atoms with E-state index < -0.39 is 0 Å². The Morgan fingerprint density at radius 2 is 1.33 bits per heavy atom. The van der Waals surface area contributed by atoms with Crippen LogP contribution in [0.15, 0.2) is 12.1 Å². The molecule has 1 rings (SSSR count). The van der Waals surface area contributed by atoms with Crippen LogP contribution in [0.25, 0.3) is 0 Å². The van der Waals surface area contributed by atoms with Gasteiger partial charge >= 0.3 is 0 Å². The molecular weight excluding hydrogens is 296 g/mol. The molecule has 0 aromatic heterocycles. The highest BCUT2D eigenvalue weighted by Crippen LogP contribution is 2.27. The number of benzene rings is 1. The molecule has 0 radical (unpaired) electrons. The van der Waals surface area contributed by atoms with Crippen molar-refractivity contribution in [3.05, 3.63) is 28.8 Å². The molecule has 0 saturated heterocycles. The first-order valence-electron chi connectivity index (χ1n) is 9.42. The van der Waals surface area contributed by atoms with Gasteiger partial charge in [-0.25, -0.2) is 0 Å². The van der Waals surface area contributed by atoms with Gasteiger partial charge in [-0.15, -0.1) is 0 Å². The predicted molar refractivity (Wildman–Crippen MR) is 105 cm³/mol. The molecule has 0 heterocycles. The first kappa shape index (κ1) is 21.0. The predicted octanol–water partition coefficient (Wildman–Crippen LogP) is 4.66. The van der Waals surface area contributed by atoms with E-state index in [1.807, 2.05) is 28.2 Å². The molecule has 0 spiro atoms. The van der Waals surface area contributed by atoms with E-state index in [9.17, 15) is 5.11 Å². The molecule has 1 aromatic rings. The third-order valence-electron chi connectivity index (χ3n) is 4.30. The summed E-state index contributed by atoms with van der Waals surface area (Å²) in [7, 11) is 8.19. The first-order chi connectivity index (χ1) is 11.3. The number of unbranched alkanes of at least 4 members (excludes halogenated alkanes) is 3. The summed E-state index contributed by atoms with van der Waals surface area (Å²) < 4.78 is 0. The SMILES string of the molecule is CC(C)CCCCCCc1cc(CN(C)C)c(O)c(CN(C)C)c1. The minimum atomic E-state index is 0.470. The highest BCUT2D eigenvalue weighted by Gasteiger charge is 2.11. The molecule has 0 amide bonds.